The number of hydrogen-bond donors (Lipinski definition) is 1. The molecular formula is C14H23NO2. The van der Waals surface area contributed by atoms with Gasteiger partial charge in [0.2, 0.25) is 0 Å². The monoisotopic (exact) mass is 237 g/mol. The number of methoxy groups -OCH3 is 2. The van der Waals surface area contributed by atoms with Crippen LogP contribution in [0.4, 0.5) is 0 Å². The molecule has 0 radical (unpaired) electrons. The van der Waals surface area contributed by atoms with Crippen LogP contribution in [0.25, 0.3) is 0 Å². The number of rotatable bonds is 5. The minimum atomic E-state index is 0.105. The summed E-state index contributed by atoms with van der Waals surface area (Å²) in [7, 11) is 3.33. The van der Waals surface area contributed by atoms with Crippen molar-refractivity contribution in [2.24, 2.45) is 5.73 Å². The van der Waals surface area contributed by atoms with Crippen LogP contribution in [0.15, 0.2) is 12.1 Å². The van der Waals surface area contributed by atoms with Crippen molar-refractivity contribution in [3.63, 3.8) is 0 Å². The Morgan fingerprint density at radius 2 is 1.76 bits per heavy atom. The van der Waals surface area contributed by atoms with Crippen molar-refractivity contribution in [2.75, 3.05) is 14.2 Å². The molecule has 3 nitrogen and oxygen atoms in total. The van der Waals surface area contributed by atoms with Crippen molar-refractivity contribution in [1.82, 2.24) is 0 Å². The zero-order valence-corrected chi connectivity index (χ0v) is 11.4. The lowest BCUT2D eigenvalue weighted by Crippen LogP contribution is -2.19. The Morgan fingerprint density at radius 3 is 2.18 bits per heavy atom. The van der Waals surface area contributed by atoms with Crippen LogP contribution >= 0.6 is 0 Å². The van der Waals surface area contributed by atoms with E-state index in [2.05, 4.69) is 19.9 Å². The Bertz CT molecular complexity index is 373. The highest BCUT2D eigenvalue weighted by Crippen LogP contribution is 2.36. The Balaban J connectivity index is 3.33. The summed E-state index contributed by atoms with van der Waals surface area (Å²) in [4.78, 5) is 0. The Hall–Kier alpha value is -1.22. The van der Waals surface area contributed by atoms with Gasteiger partial charge in [0.05, 0.1) is 14.2 Å². The minimum Gasteiger partial charge on any atom is -0.493 e. The molecule has 0 aliphatic rings. The van der Waals surface area contributed by atoms with Crippen LogP contribution < -0.4 is 15.2 Å². The number of nitrogens with two attached hydrogens (primary N) is 1. The second-order valence-electron chi connectivity index (χ2n) is 4.70. The van der Waals surface area contributed by atoms with Gasteiger partial charge < -0.3 is 15.2 Å². The molecule has 1 unspecified atom stereocenters. The Kier molecular flexibility index (Phi) is 4.82. The average Bonchev–Trinajstić information content (AvgIpc) is 2.27. The van der Waals surface area contributed by atoms with Crippen molar-refractivity contribution in [1.29, 1.82) is 0 Å². The fourth-order valence-corrected chi connectivity index (χ4v) is 2.08. The number of hydrogen-bond acceptors (Lipinski definition) is 3. The highest BCUT2D eigenvalue weighted by Gasteiger charge is 2.17. The van der Waals surface area contributed by atoms with E-state index in [1.807, 2.05) is 13.0 Å². The third-order valence-corrected chi connectivity index (χ3v) is 2.83. The second kappa shape index (κ2) is 5.92. The second-order valence-corrected chi connectivity index (χ2v) is 4.70. The zero-order chi connectivity index (χ0) is 13.0. The van der Waals surface area contributed by atoms with Crippen molar-refractivity contribution in [3.05, 3.63) is 23.3 Å². The van der Waals surface area contributed by atoms with Crippen molar-refractivity contribution in [2.45, 2.75) is 39.2 Å². The van der Waals surface area contributed by atoms with E-state index in [1.54, 1.807) is 14.2 Å². The van der Waals surface area contributed by atoms with Gasteiger partial charge in [0.15, 0.2) is 11.5 Å². The molecule has 0 saturated carbocycles. The molecule has 0 aromatic heterocycles. The molecule has 0 bridgehead atoms. The molecule has 0 aliphatic carbocycles. The van der Waals surface area contributed by atoms with Crippen LogP contribution in [0, 0.1) is 0 Å². The first-order valence-electron chi connectivity index (χ1n) is 6.00. The third kappa shape index (κ3) is 3.13. The van der Waals surface area contributed by atoms with Gasteiger partial charge in [-0.2, -0.15) is 0 Å². The molecular weight excluding hydrogens is 214 g/mol. The SMILES string of the molecule is COc1ccc(C(C)C)c(CC(C)N)c1OC. The average molecular weight is 237 g/mol. The summed E-state index contributed by atoms with van der Waals surface area (Å²) in [6.07, 6.45) is 0.799. The largest absolute Gasteiger partial charge is 0.493 e. The standard InChI is InChI=1S/C14H23NO2/c1-9(2)11-6-7-13(16-4)14(17-5)12(11)8-10(3)15/h6-7,9-10H,8,15H2,1-5H3. The first-order valence-corrected chi connectivity index (χ1v) is 6.00. The highest BCUT2D eigenvalue weighted by molar-refractivity contribution is 5.52. The molecule has 0 heterocycles. The van der Waals surface area contributed by atoms with Gasteiger partial charge >= 0.3 is 0 Å². The molecule has 17 heavy (non-hydrogen) atoms. The van der Waals surface area contributed by atoms with Gasteiger partial charge in [-0.1, -0.05) is 19.9 Å². The maximum Gasteiger partial charge on any atom is 0.164 e. The molecule has 1 rings (SSSR count). The molecule has 0 fully saturated rings. The molecule has 1 atom stereocenters. The summed E-state index contributed by atoms with van der Waals surface area (Å²) in [6.45, 7) is 6.35. The van der Waals surface area contributed by atoms with E-state index in [4.69, 9.17) is 15.2 Å². The van der Waals surface area contributed by atoms with Crippen LogP contribution in [0.1, 0.15) is 37.8 Å². The van der Waals surface area contributed by atoms with Crippen LogP contribution in [-0.4, -0.2) is 20.3 Å². The topological polar surface area (TPSA) is 44.5 Å². The highest BCUT2D eigenvalue weighted by atomic mass is 16.5. The van der Waals surface area contributed by atoms with E-state index in [1.165, 1.54) is 5.56 Å². The van der Waals surface area contributed by atoms with Gasteiger partial charge in [-0.3, -0.25) is 0 Å². The fourth-order valence-electron chi connectivity index (χ4n) is 2.08. The Labute approximate surface area is 104 Å². The van der Waals surface area contributed by atoms with Crippen molar-refractivity contribution in [3.8, 4) is 11.5 Å². The van der Waals surface area contributed by atoms with E-state index in [0.717, 1.165) is 23.5 Å². The molecule has 0 saturated heterocycles. The van der Waals surface area contributed by atoms with E-state index in [9.17, 15) is 0 Å². The fraction of sp³-hybridized carbons (Fsp3) is 0.571. The van der Waals surface area contributed by atoms with E-state index >= 15 is 0 Å². The normalized spacial score (nSPS) is 12.6. The summed E-state index contributed by atoms with van der Waals surface area (Å²) in [6, 6.07) is 4.16. The zero-order valence-electron chi connectivity index (χ0n) is 11.4. The van der Waals surface area contributed by atoms with E-state index in [0.29, 0.717) is 5.92 Å². The molecule has 0 aliphatic heterocycles. The minimum absolute atomic E-state index is 0.105. The van der Waals surface area contributed by atoms with E-state index < -0.39 is 0 Å². The first kappa shape index (κ1) is 13.8. The van der Waals surface area contributed by atoms with Gasteiger partial charge in [0, 0.05) is 11.6 Å². The Morgan fingerprint density at radius 1 is 1.12 bits per heavy atom. The molecule has 0 amide bonds. The summed E-state index contributed by atoms with van der Waals surface area (Å²) >= 11 is 0. The lowest BCUT2D eigenvalue weighted by atomic mass is 9.92. The van der Waals surface area contributed by atoms with Gasteiger partial charge in [0.1, 0.15) is 0 Å². The number of ether oxygens (including phenoxy) is 2. The summed E-state index contributed by atoms with van der Waals surface area (Å²) < 4.78 is 10.8. The predicted molar refractivity (Wildman–Crippen MR) is 71.0 cm³/mol. The predicted octanol–water partition coefficient (Wildman–Crippen LogP) is 2.72. The quantitative estimate of drug-likeness (QED) is 0.856. The van der Waals surface area contributed by atoms with Crippen LogP contribution in [0.2, 0.25) is 0 Å². The summed E-state index contributed by atoms with van der Waals surface area (Å²) in [5.41, 5.74) is 8.35. The first-order chi connectivity index (χ1) is 8.01. The lowest BCUT2D eigenvalue weighted by Gasteiger charge is -2.20. The van der Waals surface area contributed by atoms with Gasteiger partial charge in [-0.05, 0) is 30.9 Å². The van der Waals surface area contributed by atoms with Crippen LogP contribution in [0.3, 0.4) is 0 Å². The molecule has 96 valence electrons. The van der Waals surface area contributed by atoms with Gasteiger partial charge in [0.25, 0.3) is 0 Å². The summed E-state index contributed by atoms with van der Waals surface area (Å²) in [5.74, 6) is 2.03. The molecule has 2 N–H and O–H groups in total. The van der Waals surface area contributed by atoms with Gasteiger partial charge in [-0.15, -0.1) is 0 Å². The molecule has 1 aromatic rings. The van der Waals surface area contributed by atoms with Crippen molar-refractivity contribution >= 4 is 0 Å². The summed E-state index contributed by atoms with van der Waals surface area (Å²) in [5, 5.41) is 0. The van der Waals surface area contributed by atoms with Gasteiger partial charge in [-0.25, -0.2) is 0 Å². The van der Waals surface area contributed by atoms with Crippen LogP contribution in [-0.2, 0) is 6.42 Å². The van der Waals surface area contributed by atoms with Crippen molar-refractivity contribution < 1.29 is 9.47 Å². The molecule has 3 heteroatoms. The van der Waals surface area contributed by atoms with E-state index in [-0.39, 0.29) is 6.04 Å². The maximum absolute atomic E-state index is 5.91. The third-order valence-electron chi connectivity index (χ3n) is 2.83. The van der Waals surface area contributed by atoms with Crippen LogP contribution in [0.5, 0.6) is 11.5 Å². The molecule has 0 spiro atoms. The molecule has 1 aromatic carbocycles. The number of benzene rings is 1. The maximum atomic E-state index is 5.91. The lowest BCUT2D eigenvalue weighted by molar-refractivity contribution is 0.350. The smallest absolute Gasteiger partial charge is 0.164 e.